The molecule has 0 aromatic heterocycles. The first-order valence-electron chi connectivity index (χ1n) is 26.8. The summed E-state index contributed by atoms with van der Waals surface area (Å²) in [5.74, 6) is -0.557. The smallest absolute Gasteiger partial charge is 0.457 e. The lowest BCUT2D eigenvalue weighted by Crippen LogP contribution is -2.64. The molecule has 1 rings (SSSR count). The van der Waals surface area contributed by atoms with Crippen molar-refractivity contribution in [2.45, 2.75) is 249 Å². The lowest BCUT2D eigenvalue weighted by molar-refractivity contribution is -0.220. The number of aliphatic hydroxyl groups is 5. The normalized spacial score (nSPS) is 21.7. The molecule has 0 bridgehead atoms. The standard InChI is InChI=1S/C55H97O12P/c1-3-5-7-9-11-13-15-17-19-21-23-24-25-27-29-31-33-35-37-39-41-43-45-64-46-48(47-65-68(62,63)67-55-53(60)51(58)50(57)52(59)54(55)61)66-49(56)44-42-40-38-36-34-32-30-28-26-22-20-18-16-14-12-10-8-6-4-2/h6,8,12,14,18,20,26,28,32,34,38,40,48,50-55,57-61H,3-5,7,9-11,13,15-17,19,21-25,27,29-31,33,35-37,39,41-47H2,1-2H3,(H,62,63)/b8-6-,14-12-,20-18-,28-26-,34-32-,40-38-. The number of hydrogen-bond donors (Lipinski definition) is 6. The SMILES string of the molecule is CC/C=C\C/C=C\C/C=C\C/C=C\C/C=C\C/C=C\CCC(=O)OC(COCCCCCCCCCCCCCCCCCCCCCCCC)COP(=O)(O)OC1C(O)C(O)C(O)C(O)C1O. The second kappa shape index (κ2) is 44.7. The Labute approximate surface area is 412 Å². The van der Waals surface area contributed by atoms with Crippen LogP contribution in [0.25, 0.3) is 0 Å². The Hall–Kier alpha value is -2.22. The van der Waals surface area contributed by atoms with E-state index in [2.05, 4.69) is 74.6 Å². The number of phosphoric ester groups is 1. The number of aliphatic hydroxyl groups excluding tert-OH is 5. The molecule has 6 atom stereocenters. The third kappa shape index (κ3) is 35.8. The molecule has 0 aromatic rings. The number of phosphoric acid groups is 1. The van der Waals surface area contributed by atoms with E-state index in [0.29, 0.717) is 13.0 Å². The van der Waals surface area contributed by atoms with Crippen molar-refractivity contribution in [1.82, 2.24) is 0 Å². The highest BCUT2D eigenvalue weighted by molar-refractivity contribution is 7.47. The van der Waals surface area contributed by atoms with Crippen LogP contribution in [0.4, 0.5) is 0 Å². The van der Waals surface area contributed by atoms with Gasteiger partial charge in [0.1, 0.15) is 42.7 Å². The Balaban J connectivity index is 2.36. The molecule has 6 unspecified atom stereocenters. The van der Waals surface area contributed by atoms with E-state index < -0.39 is 63.1 Å². The van der Waals surface area contributed by atoms with Crippen LogP contribution in [0.2, 0.25) is 0 Å². The number of hydrogen-bond acceptors (Lipinski definition) is 11. The predicted octanol–water partition coefficient (Wildman–Crippen LogP) is 12.3. The van der Waals surface area contributed by atoms with Crippen molar-refractivity contribution < 1.29 is 58.3 Å². The highest BCUT2D eigenvalue weighted by Crippen LogP contribution is 2.47. The van der Waals surface area contributed by atoms with Crippen molar-refractivity contribution in [3.63, 3.8) is 0 Å². The Kier molecular flexibility index (Phi) is 41.9. The Bertz CT molecular complexity index is 1400. The van der Waals surface area contributed by atoms with Crippen LogP contribution < -0.4 is 0 Å². The number of esters is 1. The first-order valence-corrected chi connectivity index (χ1v) is 28.3. The lowest BCUT2D eigenvalue weighted by atomic mass is 9.85. The van der Waals surface area contributed by atoms with Gasteiger partial charge in [-0.2, -0.15) is 0 Å². The monoisotopic (exact) mass is 981 g/mol. The molecule has 0 radical (unpaired) electrons. The maximum atomic E-state index is 12.9. The second-order valence-electron chi connectivity index (χ2n) is 18.4. The van der Waals surface area contributed by atoms with E-state index in [1.807, 2.05) is 12.2 Å². The van der Waals surface area contributed by atoms with Crippen LogP contribution in [0.1, 0.15) is 206 Å². The fourth-order valence-electron chi connectivity index (χ4n) is 7.91. The van der Waals surface area contributed by atoms with Crippen LogP contribution in [0.5, 0.6) is 0 Å². The van der Waals surface area contributed by atoms with Gasteiger partial charge in [0.15, 0.2) is 0 Å². The van der Waals surface area contributed by atoms with Crippen LogP contribution in [-0.4, -0.2) is 98.9 Å². The molecule has 68 heavy (non-hydrogen) atoms. The van der Waals surface area contributed by atoms with Gasteiger partial charge in [0.25, 0.3) is 0 Å². The number of rotatable bonds is 45. The number of carbonyl (C=O) groups excluding carboxylic acids is 1. The molecule has 13 heteroatoms. The summed E-state index contributed by atoms with van der Waals surface area (Å²) >= 11 is 0. The average molecular weight is 981 g/mol. The van der Waals surface area contributed by atoms with Crippen molar-refractivity contribution in [2.75, 3.05) is 19.8 Å². The maximum Gasteiger partial charge on any atom is 0.472 e. The zero-order chi connectivity index (χ0) is 49.8. The number of carbonyl (C=O) groups is 1. The van der Waals surface area contributed by atoms with E-state index in [9.17, 15) is 39.8 Å². The molecule has 0 saturated heterocycles. The van der Waals surface area contributed by atoms with Gasteiger partial charge in [0.05, 0.1) is 13.2 Å². The lowest BCUT2D eigenvalue weighted by Gasteiger charge is -2.41. The summed E-state index contributed by atoms with van der Waals surface area (Å²) in [6, 6.07) is 0. The number of ether oxygens (including phenoxy) is 2. The van der Waals surface area contributed by atoms with Gasteiger partial charge in [-0.3, -0.25) is 13.8 Å². The van der Waals surface area contributed by atoms with Crippen molar-refractivity contribution in [3.8, 4) is 0 Å². The Morgan fingerprint density at radius 2 is 0.838 bits per heavy atom. The molecular formula is C55H97O12P. The van der Waals surface area contributed by atoms with Gasteiger partial charge in [-0.15, -0.1) is 0 Å². The highest BCUT2D eigenvalue weighted by Gasteiger charge is 2.51. The van der Waals surface area contributed by atoms with E-state index in [0.717, 1.165) is 57.8 Å². The minimum Gasteiger partial charge on any atom is -0.457 e. The molecule has 1 aliphatic carbocycles. The van der Waals surface area contributed by atoms with Crippen molar-refractivity contribution in [2.24, 2.45) is 0 Å². The predicted molar refractivity (Wildman–Crippen MR) is 276 cm³/mol. The van der Waals surface area contributed by atoms with E-state index in [4.69, 9.17) is 18.5 Å². The summed E-state index contributed by atoms with van der Waals surface area (Å²) in [7, 11) is -5.05. The summed E-state index contributed by atoms with van der Waals surface area (Å²) in [6.07, 6.45) is 47.0. The summed E-state index contributed by atoms with van der Waals surface area (Å²) in [4.78, 5) is 23.2. The van der Waals surface area contributed by atoms with Gasteiger partial charge in [-0.1, -0.05) is 222 Å². The minimum absolute atomic E-state index is 0.0595. The zero-order valence-corrected chi connectivity index (χ0v) is 43.3. The molecule has 0 aromatic carbocycles. The average Bonchev–Trinajstić information content (AvgIpc) is 3.32. The van der Waals surface area contributed by atoms with E-state index >= 15 is 0 Å². The Morgan fingerprint density at radius 3 is 1.24 bits per heavy atom. The summed E-state index contributed by atoms with van der Waals surface area (Å²) in [6.45, 7) is 4.09. The second-order valence-corrected chi connectivity index (χ2v) is 19.8. The molecule has 12 nitrogen and oxygen atoms in total. The van der Waals surface area contributed by atoms with E-state index in [-0.39, 0.29) is 13.0 Å². The summed E-state index contributed by atoms with van der Waals surface area (Å²) < 4.78 is 34.2. The molecule has 0 spiro atoms. The van der Waals surface area contributed by atoms with Crippen LogP contribution in [0.3, 0.4) is 0 Å². The summed E-state index contributed by atoms with van der Waals surface area (Å²) in [5, 5.41) is 50.3. The Morgan fingerprint density at radius 1 is 0.485 bits per heavy atom. The van der Waals surface area contributed by atoms with Crippen LogP contribution >= 0.6 is 7.82 Å². The quantitative estimate of drug-likeness (QED) is 0.0147. The van der Waals surface area contributed by atoms with Crippen LogP contribution in [0, 0.1) is 0 Å². The molecule has 0 heterocycles. The van der Waals surface area contributed by atoms with Crippen molar-refractivity contribution >= 4 is 13.8 Å². The van der Waals surface area contributed by atoms with Gasteiger partial charge < -0.3 is 39.9 Å². The molecule has 394 valence electrons. The van der Waals surface area contributed by atoms with Crippen LogP contribution in [0.15, 0.2) is 72.9 Å². The largest absolute Gasteiger partial charge is 0.472 e. The third-order valence-electron chi connectivity index (χ3n) is 12.1. The molecule has 6 N–H and O–H groups in total. The van der Waals surface area contributed by atoms with Gasteiger partial charge >= 0.3 is 13.8 Å². The molecule has 1 fully saturated rings. The maximum absolute atomic E-state index is 12.9. The topological polar surface area (TPSA) is 192 Å². The third-order valence-corrected chi connectivity index (χ3v) is 13.1. The van der Waals surface area contributed by atoms with Crippen molar-refractivity contribution in [1.29, 1.82) is 0 Å². The van der Waals surface area contributed by atoms with Gasteiger partial charge in [0.2, 0.25) is 0 Å². The molecule has 1 saturated carbocycles. The molecule has 0 amide bonds. The summed E-state index contributed by atoms with van der Waals surface area (Å²) in [5.41, 5.74) is 0. The molecule has 1 aliphatic rings. The van der Waals surface area contributed by atoms with E-state index in [1.54, 1.807) is 0 Å². The number of unbranched alkanes of at least 4 members (excludes halogenated alkanes) is 21. The minimum atomic E-state index is -5.05. The van der Waals surface area contributed by atoms with Gasteiger partial charge in [0, 0.05) is 13.0 Å². The molecular weight excluding hydrogens is 884 g/mol. The highest BCUT2D eigenvalue weighted by atomic mass is 31.2. The first-order chi connectivity index (χ1) is 33.0. The van der Waals surface area contributed by atoms with Crippen molar-refractivity contribution in [3.05, 3.63) is 72.9 Å². The molecule has 0 aliphatic heterocycles. The van der Waals surface area contributed by atoms with Crippen LogP contribution in [-0.2, 0) is 27.9 Å². The fourth-order valence-corrected chi connectivity index (χ4v) is 8.89. The van der Waals surface area contributed by atoms with E-state index in [1.165, 1.54) is 122 Å². The first kappa shape index (κ1) is 63.8. The van der Waals surface area contributed by atoms with Gasteiger partial charge in [-0.25, -0.2) is 4.57 Å². The zero-order valence-electron chi connectivity index (χ0n) is 42.4. The van der Waals surface area contributed by atoms with Gasteiger partial charge in [-0.05, 0) is 51.4 Å². The number of allylic oxidation sites excluding steroid dienone is 12. The fraction of sp³-hybridized carbons (Fsp3) is 0.764.